The van der Waals surface area contributed by atoms with Crippen molar-refractivity contribution in [3.8, 4) is 0 Å². The van der Waals surface area contributed by atoms with Gasteiger partial charge in [-0.1, -0.05) is 0 Å². The summed E-state index contributed by atoms with van der Waals surface area (Å²) in [5.41, 5.74) is 0. The molecule has 6 fully saturated rings. The first-order valence-corrected chi connectivity index (χ1v) is 30.2. The molecule has 0 aliphatic carbocycles. The minimum absolute atomic E-state index is 0.838. The molecule has 6 heterocycles. The number of rotatable bonds is 25. The van der Waals surface area contributed by atoms with Gasteiger partial charge in [0.15, 0.2) is 37.7 Å². The standard InChI is InChI=1S/C42H71N3O40S3/c1-10(48)43-19-26(55)33(17(8-74-87(66,67)68)80-38(19)72-6-15-25(54)35(21(37(62)76-15)45-12(3)50)84-40-30(59)28(57)22(51)13(4-46)77-40)83-42-32(61)36(24(53)14(5-47)78-42)85-39-20(44-11(2)49)27(56)34(18(81-39)9-75-88(69,70)71)82-41-31(60)29(58)23(52)16(79-41)7-73-86(63,64)65/h13-42,46-47,51-62H,4-9H2,1-3H3,(H,43,48)(H,44,49)(H,45,50)(H,63,64,65)(H,66,67,68)(H,69,70,71)/t13-,14-,15-,16-,17-,18-,19-,20-,21-,22+,23+,24+,25+,26-,27-,28+,29+,30-,31-,32-,33-,34-,35-,36+,37?,38-,39+,40+,41+,42+/m1/s1. The zero-order chi connectivity index (χ0) is 65.8. The monoisotopic (exact) mass is 1350 g/mol. The van der Waals surface area contributed by atoms with Crippen LogP contribution >= 0.6 is 0 Å². The lowest BCUT2D eigenvalue weighted by Crippen LogP contribution is -2.70. The van der Waals surface area contributed by atoms with Crippen LogP contribution in [-0.4, -0.2) is 352 Å². The van der Waals surface area contributed by atoms with Gasteiger partial charge < -0.3 is 140 Å². The summed E-state index contributed by atoms with van der Waals surface area (Å²) >= 11 is 0. The highest BCUT2D eigenvalue weighted by Crippen LogP contribution is 2.37. The van der Waals surface area contributed by atoms with Crippen LogP contribution in [0.3, 0.4) is 0 Å². The summed E-state index contributed by atoms with van der Waals surface area (Å²) in [5, 5.41) is 160. The normalized spacial score (nSPS) is 43.8. The van der Waals surface area contributed by atoms with Gasteiger partial charge >= 0.3 is 31.2 Å². The molecule has 0 saturated carbocycles. The first kappa shape index (κ1) is 74.1. The van der Waals surface area contributed by atoms with Gasteiger partial charge in [0.05, 0.1) is 39.6 Å². The molecule has 6 aliphatic rings. The highest BCUT2D eigenvalue weighted by atomic mass is 32.3. The Hall–Kier alpha value is -2.98. The molecule has 6 saturated heterocycles. The number of aliphatic hydroxyl groups excluding tert-OH is 14. The Labute approximate surface area is 497 Å². The molecule has 6 rings (SSSR count). The molecule has 30 atom stereocenters. The van der Waals surface area contributed by atoms with E-state index in [0.717, 1.165) is 20.8 Å². The summed E-state index contributed by atoms with van der Waals surface area (Å²) in [5.74, 6) is -2.85. The van der Waals surface area contributed by atoms with Crippen molar-refractivity contribution in [3.05, 3.63) is 0 Å². The molecule has 0 bridgehead atoms. The maximum Gasteiger partial charge on any atom is 0.397 e. The van der Waals surface area contributed by atoms with E-state index in [-0.39, 0.29) is 0 Å². The third kappa shape index (κ3) is 18.9. The first-order chi connectivity index (χ1) is 40.8. The quantitative estimate of drug-likeness (QED) is 0.0377. The summed E-state index contributed by atoms with van der Waals surface area (Å²) in [6.45, 7) is -4.44. The summed E-state index contributed by atoms with van der Waals surface area (Å²) in [6, 6.07) is -5.72. The van der Waals surface area contributed by atoms with Gasteiger partial charge in [-0.05, 0) is 0 Å². The summed E-state index contributed by atoms with van der Waals surface area (Å²) in [4.78, 5) is 37.6. The Kier molecular flexibility index (Phi) is 26.0. The van der Waals surface area contributed by atoms with Crippen molar-refractivity contribution >= 4 is 48.9 Å². The topological polar surface area (TPSA) is 663 Å². The predicted octanol–water partition coefficient (Wildman–Crippen LogP) is -14.2. The lowest BCUT2D eigenvalue weighted by molar-refractivity contribution is -0.378. The lowest BCUT2D eigenvalue weighted by Gasteiger charge is -2.50. The average molecular weight is 1350 g/mol. The maximum absolute atomic E-state index is 12.7. The third-order valence-corrected chi connectivity index (χ3v) is 15.5. The number of hydrogen-bond acceptors (Lipinski definition) is 37. The Morgan fingerprint density at radius 2 is 0.682 bits per heavy atom. The fraction of sp³-hybridized carbons (Fsp3) is 0.929. The molecule has 20 N–H and O–H groups in total. The fourth-order valence-corrected chi connectivity index (χ4v) is 11.0. The maximum atomic E-state index is 12.7. The molecule has 0 radical (unpaired) electrons. The second-order valence-electron chi connectivity index (χ2n) is 20.6. The molecule has 0 spiro atoms. The van der Waals surface area contributed by atoms with Crippen molar-refractivity contribution in [2.75, 3.05) is 39.6 Å². The van der Waals surface area contributed by atoms with E-state index in [2.05, 4.69) is 28.5 Å². The van der Waals surface area contributed by atoms with Crippen LogP contribution in [0.25, 0.3) is 0 Å². The highest BCUT2D eigenvalue weighted by Gasteiger charge is 2.58. The van der Waals surface area contributed by atoms with Crippen molar-refractivity contribution in [1.29, 1.82) is 0 Å². The Balaban J connectivity index is 1.27. The van der Waals surface area contributed by atoms with Gasteiger partial charge in [-0.15, -0.1) is 0 Å². The van der Waals surface area contributed by atoms with Crippen LogP contribution in [0, 0.1) is 0 Å². The van der Waals surface area contributed by atoms with E-state index >= 15 is 0 Å². The molecule has 6 aliphatic heterocycles. The first-order valence-electron chi connectivity index (χ1n) is 26.1. The Morgan fingerprint density at radius 3 is 1.12 bits per heavy atom. The lowest BCUT2D eigenvalue weighted by atomic mass is 9.94. The molecule has 0 aromatic heterocycles. The van der Waals surface area contributed by atoms with Crippen LogP contribution < -0.4 is 16.0 Å². The van der Waals surface area contributed by atoms with E-state index in [1.165, 1.54) is 0 Å². The number of aliphatic hydroxyl groups is 14. The minimum Gasteiger partial charge on any atom is -0.394 e. The van der Waals surface area contributed by atoms with Gasteiger partial charge in [0.25, 0.3) is 0 Å². The third-order valence-electron chi connectivity index (χ3n) is 14.2. The van der Waals surface area contributed by atoms with Gasteiger partial charge in [0, 0.05) is 20.8 Å². The van der Waals surface area contributed by atoms with E-state index in [1.54, 1.807) is 0 Å². The molecule has 46 heteroatoms. The molecule has 0 aromatic rings. The minimum atomic E-state index is -5.46. The molecule has 1 unspecified atom stereocenters. The van der Waals surface area contributed by atoms with Crippen molar-refractivity contribution in [1.82, 2.24) is 16.0 Å². The van der Waals surface area contributed by atoms with Gasteiger partial charge in [-0.25, -0.2) is 12.5 Å². The SMILES string of the molecule is CC(=O)N[C@H]1[C@H](O[C@H]2[C@@H](O)[C@@H](CO)O[C@@H](O[C@H]3[C@H](O)[C@@H](NC(C)=O)[C@H](OC[C@H]4OC(O)[C@H](NC(C)=O)[C@@H](O[C@@H]5O[C@H](CO)[C@H](O)[C@H](O)[C@H]5O)[C@H]4O)O[C@@H]3COS(=O)(=O)O)[C@@H]2O)O[C@H](COS(=O)(=O)O)[C@@H](O[C@@H]2O[C@H](COS(=O)(=O)O)[C@H](O)[C@H](O)[C@H]2O)[C@@H]1O. The van der Waals surface area contributed by atoms with Crippen LogP contribution in [-0.2, 0) is 110 Å². The van der Waals surface area contributed by atoms with E-state index < -0.39 is 273 Å². The zero-order valence-electron chi connectivity index (χ0n) is 45.8. The molecule has 512 valence electrons. The van der Waals surface area contributed by atoms with E-state index in [4.69, 9.17) is 56.7 Å². The summed E-state index contributed by atoms with van der Waals surface area (Å²) < 4.78 is 174. The van der Waals surface area contributed by atoms with E-state index in [0.29, 0.717) is 0 Å². The number of carbonyl (C=O) groups excluding carboxylic acids is 3. The van der Waals surface area contributed by atoms with Crippen LogP contribution in [0.1, 0.15) is 20.8 Å². The number of ether oxygens (including phenoxy) is 11. The van der Waals surface area contributed by atoms with Gasteiger partial charge in [-0.3, -0.25) is 28.0 Å². The summed E-state index contributed by atoms with van der Waals surface area (Å²) in [6.07, 6.45) is -57.7. The molecule has 3 amide bonds. The molecule has 43 nitrogen and oxygen atoms in total. The van der Waals surface area contributed by atoms with E-state index in [9.17, 15) is 120 Å². The smallest absolute Gasteiger partial charge is 0.394 e. The van der Waals surface area contributed by atoms with Crippen LogP contribution in [0.4, 0.5) is 0 Å². The van der Waals surface area contributed by atoms with Crippen LogP contribution in [0.5, 0.6) is 0 Å². The van der Waals surface area contributed by atoms with Gasteiger partial charge in [-0.2, -0.15) is 25.3 Å². The predicted molar refractivity (Wildman–Crippen MR) is 265 cm³/mol. The zero-order valence-corrected chi connectivity index (χ0v) is 48.2. The molecular formula is C42H71N3O40S3. The number of nitrogens with one attached hydrogen (secondary N) is 3. The summed E-state index contributed by atoms with van der Waals surface area (Å²) in [7, 11) is -16.1. The second-order valence-corrected chi connectivity index (χ2v) is 23.9. The van der Waals surface area contributed by atoms with Crippen molar-refractivity contribution in [3.63, 3.8) is 0 Å². The van der Waals surface area contributed by atoms with Gasteiger partial charge in [0.1, 0.15) is 146 Å². The fourth-order valence-electron chi connectivity index (χ4n) is 10.0. The largest absolute Gasteiger partial charge is 0.397 e. The van der Waals surface area contributed by atoms with E-state index in [1.807, 2.05) is 0 Å². The number of amides is 3. The van der Waals surface area contributed by atoms with Crippen molar-refractivity contribution < 1.29 is 189 Å². The van der Waals surface area contributed by atoms with Crippen molar-refractivity contribution in [2.45, 2.75) is 205 Å². The second kappa shape index (κ2) is 30.8. The molecule has 88 heavy (non-hydrogen) atoms. The van der Waals surface area contributed by atoms with Crippen LogP contribution in [0.2, 0.25) is 0 Å². The number of hydrogen-bond donors (Lipinski definition) is 20. The Bertz CT molecular complexity index is 2650. The van der Waals surface area contributed by atoms with Gasteiger partial charge in [0.2, 0.25) is 17.7 Å². The number of carbonyl (C=O) groups is 3. The van der Waals surface area contributed by atoms with Crippen molar-refractivity contribution in [2.24, 2.45) is 0 Å². The average Bonchev–Trinajstić information content (AvgIpc) is 1.22. The molecule has 0 aromatic carbocycles. The molecular weight excluding hydrogens is 1280 g/mol. The highest BCUT2D eigenvalue weighted by molar-refractivity contribution is 7.81. The van der Waals surface area contributed by atoms with Crippen LogP contribution in [0.15, 0.2) is 0 Å². The Morgan fingerprint density at radius 1 is 0.352 bits per heavy atom.